The number of aliphatic hydroxyl groups excluding tert-OH is 2. The van der Waals surface area contributed by atoms with Crippen LogP contribution < -0.4 is 5.32 Å². The van der Waals surface area contributed by atoms with Crippen LogP contribution >= 0.6 is 0 Å². The molecule has 1 amide bonds. The first kappa shape index (κ1) is 54.8. The van der Waals surface area contributed by atoms with Crippen LogP contribution in [0.5, 0.6) is 0 Å². The molecule has 0 aromatic heterocycles. The van der Waals surface area contributed by atoms with E-state index < -0.39 is 18.2 Å². The number of hydrogen-bond acceptors (Lipinski definition) is 5. The smallest absolute Gasteiger partial charge is 0.306 e. The number of ether oxygens (including phenoxy) is 1. The maximum absolute atomic E-state index is 13.1. The first-order valence-corrected chi connectivity index (χ1v) is 23.6. The van der Waals surface area contributed by atoms with E-state index in [0.29, 0.717) is 19.3 Å². The summed E-state index contributed by atoms with van der Waals surface area (Å²) in [7, 11) is 0. The van der Waals surface area contributed by atoms with Crippen LogP contribution in [-0.4, -0.2) is 46.9 Å². The average molecular weight is 806 g/mol. The Morgan fingerprint density at radius 1 is 0.534 bits per heavy atom. The molecular formula is C52H87NO5. The molecular weight excluding hydrogens is 719 g/mol. The van der Waals surface area contributed by atoms with Crippen molar-refractivity contribution < 1.29 is 24.5 Å². The molecule has 0 fully saturated rings. The highest BCUT2D eigenvalue weighted by molar-refractivity contribution is 5.77. The number of amides is 1. The third-order valence-electron chi connectivity index (χ3n) is 10.1. The van der Waals surface area contributed by atoms with E-state index in [2.05, 4.69) is 68.6 Å². The first-order valence-electron chi connectivity index (χ1n) is 23.6. The van der Waals surface area contributed by atoms with Gasteiger partial charge in [-0.05, 0) is 44.9 Å². The molecule has 58 heavy (non-hydrogen) atoms. The fourth-order valence-electron chi connectivity index (χ4n) is 6.51. The molecule has 6 nitrogen and oxygen atoms in total. The molecule has 0 heterocycles. The average Bonchev–Trinajstić information content (AvgIpc) is 3.22. The Balaban J connectivity index is 4.73. The van der Waals surface area contributed by atoms with Crippen LogP contribution in [0.25, 0.3) is 0 Å². The number of carbonyl (C=O) groups is 2. The summed E-state index contributed by atoms with van der Waals surface area (Å²) in [6.45, 7) is 6.24. The van der Waals surface area contributed by atoms with Gasteiger partial charge >= 0.3 is 5.97 Å². The van der Waals surface area contributed by atoms with Crippen LogP contribution in [0.2, 0.25) is 0 Å². The van der Waals surface area contributed by atoms with Gasteiger partial charge in [-0.15, -0.1) is 0 Å². The van der Waals surface area contributed by atoms with Crippen molar-refractivity contribution in [2.24, 2.45) is 0 Å². The van der Waals surface area contributed by atoms with Gasteiger partial charge in [-0.25, -0.2) is 0 Å². The summed E-state index contributed by atoms with van der Waals surface area (Å²) in [5.74, 6) is -0.641. The number of nitrogens with one attached hydrogen (secondary N) is 1. The molecule has 0 aliphatic heterocycles. The summed E-state index contributed by atoms with van der Waals surface area (Å²) in [6.07, 6.45) is 59.2. The monoisotopic (exact) mass is 806 g/mol. The largest absolute Gasteiger partial charge is 0.461 e. The van der Waals surface area contributed by atoms with Gasteiger partial charge in [0.25, 0.3) is 0 Å². The summed E-state index contributed by atoms with van der Waals surface area (Å²) in [5.41, 5.74) is 0. The standard InChI is InChI=1S/C52H87NO5/c1-4-7-10-13-16-19-22-23-24-25-26-27-28-30-33-36-39-42-45-52(57)58-48(43-40-37-34-31-29-20-17-14-11-8-5-2)46-51(56)53-49(47-54)50(55)44-41-38-35-32-21-18-15-12-9-6-3/h8,11,14,17,20,22-27,29,31,34,37,40,48-50,54-55H,4-7,9-10,12-13,15-16,18-19,21,28,30,32-33,35-36,38-39,41-47H2,1-3H3,(H,53,56)/b11-8+,17-14+,23-22+,25-24+,27-26+,29-20-,34-31-,40-37+. The van der Waals surface area contributed by atoms with Gasteiger partial charge in [0.1, 0.15) is 6.10 Å². The number of rotatable bonds is 40. The minimum absolute atomic E-state index is 0.0324. The maximum Gasteiger partial charge on any atom is 0.306 e. The minimum atomic E-state index is -0.825. The molecule has 3 atom stereocenters. The molecule has 0 saturated carbocycles. The van der Waals surface area contributed by atoms with Crippen LogP contribution in [0.4, 0.5) is 0 Å². The zero-order valence-corrected chi connectivity index (χ0v) is 37.4. The molecule has 0 aliphatic rings. The van der Waals surface area contributed by atoms with Gasteiger partial charge in [0.2, 0.25) is 5.91 Å². The van der Waals surface area contributed by atoms with Gasteiger partial charge in [-0.2, -0.15) is 0 Å². The van der Waals surface area contributed by atoms with E-state index in [9.17, 15) is 19.8 Å². The molecule has 3 unspecified atom stereocenters. The highest BCUT2D eigenvalue weighted by Gasteiger charge is 2.23. The van der Waals surface area contributed by atoms with E-state index >= 15 is 0 Å². The minimum Gasteiger partial charge on any atom is -0.461 e. The van der Waals surface area contributed by atoms with Gasteiger partial charge in [0.15, 0.2) is 0 Å². The van der Waals surface area contributed by atoms with Gasteiger partial charge in [0.05, 0.1) is 25.2 Å². The van der Waals surface area contributed by atoms with E-state index in [1.165, 1.54) is 77.0 Å². The van der Waals surface area contributed by atoms with Gasteiger partial charge in [-0.3, -0.25) is 9.59 Å². The van der Waals surface area contributed by atoms with Crippen molar-refractivity contribution in [3.8, 4) is 0 Å². The number of allylic oxidation sites excluding steroid dienone is 15. The van der Waals surface area contributed by atoms with Crippen molar-refractivity contribution in [1.82, 2.24) is 5.32 Å². The lowest BCUT2D eigenvalue weighted by Gasteiger charge is -2.24. The predicted octanol–water partition coefficient (Wildman–Crippen LogP) is 13.8. The van der Waals surface area contributed by atoms with Crippen molar-refractivity contribution >= 4 is 11.9 Å². The Labute approximate surface area is 356 Å². The number of hydrogen-bond donors (Lipinski definition) is 3. The van der Waals surface area contributed by atoms with Crippen LogP contribution in [0.15, 0.2) is 97.2 Å². The Hall–Kier alpha value is -3.22. The zero-order chi connectivity index (χ0) is 42.4. The predicted molar refractivity (Wildman–Crippen MR) is 250 cm³/mol. The molecule has 0 bridgehead atoms. The van der Waals surface area contributed by atoms with Crippen LogP contribution in [0.1, 0.15) is 194 Å². The second-order valence-corrected chi connectivity index (χ2v) is 15.6. The fourth-order valence-corrected chi connectivity index (χ4v) is 6.51. The SMILES string of the molecule is CC/C=C/C=C/C=C\C=C/C=C/CC(CC(=O)NC(CO)C(O)CCCCCCCCCCCC)OC(=O)CCCCCCC/C=C/C=C/C=C/CCCCCCC. The van der Waals surface area contributed by atoms with E-state index in [1.54, 1.807) is 0 Å². The molecule has 3 N–H and O–H groups in total. The summed E-state index contributed by atoms with van der Waals surface area (Å²) in [5, 5.41) is 23.5. The highest BCUT2D eigenvalue weighted by Crippen LogP contribution is 2.15. The quantitative estimate of drug-likeness (QED) is 0.0326. The second kappa shape index (κ2) is 44.9. The molecule has 0 spiro atoms. The van der Waals surface area contributed by atoms with Crippen molar-refractivity contribution in [2.75, 3.05) is 6.61 Å². The van der Waals surface area contributed by atoms with Crippen molar-refractivity contribution in [3.05, 3.63) is 97.2 Å². The van der Waals surface area contributed by atoms with Gasteiger partial charge in [0, 0.05) is 12.8 Å². The van der Waals surface area contributed by atoms with Gasteiger partial charge < -0.3 is 20.3 Å². The Morgan fingerprint density at radius 2 is 0.966 bits per heavy atom. The van der Waals surface area contributed by atoms with Crippen LogP contribution in [-0.2, 0) is 14.3 Å². The van der Waals surface area contributed by atoms with Crippen molar-refractivity contribution in [1.29, 1.82) is 0 Å². The highest BCUT2D eigenvalue weighted by atomic mass is 16.5. The molecule has 0 radical (unpaired) electrons. The molecule has 6 heteroatoms. The summed E-state index contributed by atoms with van der Waals surface area (Å²) in [6, 6.07) is -0.747. The Morgan fingerprint density at radius 3 is 1.47 bits per heavy atom. The lowest BCUT2D eigenvalue weighted by atomic mass is 10.0. The molecule has 0 rings (SSSR count). The Bertz CT molecular complexity index is 1180. The Kier molecular flexibility index (Phi) is 42.4. The van der Waals surface area contributed by atoms with Crippen LogP contribution in [0, 0.1) is 0 Å². The first-order chi connectivity index (χ1) is 28.5. The number of aliphatic hydroxyl groups is 2. The van der Waals surface area contributed by atoms with E-state index in [1.807, 2.05) is 54.7 Å². The van der Waals surface area contributed by atoms with Crippen molar-refractivity contribution in [2.45, 2.75) is 212 Å². The summed E-state index contributed by atoms with van der Waals surface area (Å²) in [4.78, 5) is 25.9. The summed E-state index contributed by atoms with van der Waals surface area (Å²) >= 11 is 0. The third kappa shape index (κ3) is 39.6. The second-order valence-electron chi connectivity index (χ2n) is 15.6. The maximum atomic E-state index is 13.1. The third-order valence-corrected chi connectivity index (χ3v) is 10.1. The molecule has 0 aromatic rings. The molecule has 0 aromatic carbocycles. The number of unbranched alkanes of at least 4 members (excludes halogenated alkanes) is 19. The van der Waals surface area contributed by atoms with Crippen molar-refractivity contribution in [3.63, 3.8) is 0 Å². The molecule has 0 aliphatic carbocycles. The zero-order valence-electron chi connectivity index (χ0n) is 37.4. The van der Waals surface area contributed by atoms with E-state index in [4.69, 9.17) is 4.74 Å². The van der Waals surface area contributed by atoms with Gasteiger partial charge in [-0.1, -0.05) is 227 Å². The number of esters is 1. The topological polar surface area (TPSA) is 95.9 Å². The molecule has 0 saturated heterocycles. The van der Waals surface area contributed by atoms with E-state index in [0.717, 1.165) is 70.6 Å². The fraction of sp³-hybridized carbons (Fsp3) is 0.654. The van der Waals surface area contributed by atoms with E-state index in [-0.39, 0.29) is 24.9 Å². The van der Waals surface area contributed by atoms with Crippen LogP contribution in [0.3, 0.4) is 0 Å². The molecule has 330 valence electrons. The lowest BCUT2D eigenvalue weighted by Crippen LogP contribution is -2.46. The number of carbonyl (C=O) groups excluding carboxylic acids is 2. The normalized spacial score (nSPS) is 14.2. The lowest BCUT2D eigenvalue weighted by molar-refractivity contribution is -0.150. The summed E-state index contributed by atoms with van der Waals surface area (Å²) < 4.78 is 5.81.